The van der Waals surface area contributed by atoms with Crippen molar-refractivity contribution >= 4 is 27.3 Å². The zero-order chi connectivity index (χ0) is 17.3. The van der Waals surface area contributed by atoms with Gasteiger partial charge in [0.2, 0.25) is 10.0 Å². The molecule has 1 N–H and O–H groups in total. The standard InChI is InChI=1S/C17H19NO4S2/c1-11-3-5-12(6-4-11)15(13-7-8-13)18-24(20,21)14-9-10-23-16(14)17(19)22-2/h3-6,9-10,13,15,18H,7-8H2,1-2H3. The largest absolute Gasteiger partial charge is 0.465 e. The van der Waals surface area contributed by atoms with Crippen molar-refractivity contribution in [3.05, 3.63) is 51.7 Å². The highest BCUT2D eigenvalue weighted by Crippen LogP contribution is 2.42. The third kappa shape index (κ3) is 3.53. The summed E-state index contributed by atoms with van der Waals surface area (Å²) in [5.41, 5.74) is 2.07. The van der Waals surface area contributed by atoms with Crippen molar-refractivity contribution in [1.82, 2.24) is 4.72 Å². The molecule has 1 aromatic carbocycles. The number of carbonyl (C=O) groups excluding carboxylic acids is 1. The molecule has 128 valence electrons. The van der Waals surface area contributed by atoms with Gasteiger partial charge >= 0.3 is 5.97 Å². The molecular weight excluding hydrogens is 346 g/mol. The summed E-state index contributed by atoms with van der Waals surface area (Å²) in [6.45, 7) is 1.99. The molecule has 7 heteroatoms. The second-order valence-corrected chi connectivity index (χ2v) is 8.55. The highest BCUT2D eigenvalue weighted by Gasteiger charge is 2.36. The Labute approximate surface area is 145 Å². The third-order valence-electron chi connectivity index (χ3n) is 4.10. The average molecular weight is 365 g/mol. The van der Waals surface area contributed by atoms with Crippen molar-refractivity contribution in [1.29, 1.82) is 0 Å². The number of aryl methyl sites for hydroxylation is 1. The Morgan fingerprint density at radius 3 is 2.50 bits per heavy atom. The molecule has 1 saturated carbocycles. The molecule has 5 nitrogen and oxygen atoms in total. The van der Waals surface area contributed by atoms with Crippen molar-refractivity contribution < 1.29 is 17.9 Å². The van der Waals surface area contributed by atoms with Gasteiger partial charge in [-0.05, 0) is 42.7 Å². The maximum absolute atomic E-state index is 12.8. The summed E-state index contributed by atoms with van der Waals surface area (Å²) >= 11 is 1.06. The van der Waals surface area contributed by atoms with E-state index < -0.39 is 16.0 Å². The van der Waals surface area contributed by atoms with Crippen LogP contribution in [0.1, 0.15) is 39.7 Å². The van der Waals surface area contributed by atoms with E-state index in [-0.39, 0.29) is 15.8 Å². The van der Waals surface area contributed by atoms with Crippen LogP contribution in [0.3, 0.4) is 0 Å². The first-order valence-corrected chi connectivity index (χ1v) is 10.0. The molecule has 0 bridgehead atoms. The first kappa shape index (κ1) is 17.1. The smallest absolute Gasteiger partial charge is 0.349 e. The summed E-state index contributed by atoms with van der Waals surface area (Å²) in [4.78, 5) is 11.9. The van der Waals surface area contributed by atoms with Crippen molar-refractivity contribution in [2.75, 3.05) is 7.11 Å². The van der Waals surface area contributed by atoms with E-state index in [2.05, 4.69) is 9.46 Å². The summed E-state index contributed by atoms with van der Waals surface area (Å²) in [5, 5.41) is 1.58. The Kier molecular flexibility index (Phi) is 4.76. The van der Waals surface area contributed by atoms with Crippen molar-refractivity contribution in [2.24, 2.45) is 5.92 Å². The van der Waals surface area contributed by atoms with E-state index in [1.165, 1.54) is 13.2 Å². The van der Waals surface area contributed by atoms with Crippen LogP contribution in [-0.4, -0.2) is 21.5 Å². The lowest BCUT2D eigenvalue weighted by molar-refractivity contribution is 0.0602. The fourth-order valence-corrected chi connectivity index (χ4v) is 5.25. The molecule has 0 radical (unpaired) electrons. The molecule has 0 spiro atoms. The Hall–Kier alpha value is -1.70. The number of esters is 1. The summed E-state index contributed by atoms with van der Waals surface area (Å²) in [6.07, 6.45) is 1.99. The predicted octanol–water partition coefficient (Wildman–Crippen LogP) is 3.27. The van der Waals surface area contributed by atoms with Gasteiger partial charge in [-0.3, -0.25) is 0 Å². The summed E-state index contributed by atoms with van der Waals surface area (Å²) in [5.74, 6) is -0.341. The molecular formula is C17H19NO4S2. The van der Waals surface area contributed by atoms with Gasteiger partial charge in [-0.25, -0.2) is 17.9 Å². The van der Waals surface area contributed by atoms with E-state index in [0.29, 0.717) is 5.92 Å². The van der Waals surface area contributed by atoms with Crippen molar-refractivity contribution in [3.63, 3.8) is 0 Å². The van der Waals surface area contributed by atoms with Gasteiger partial charge in [0.15, 0.2) is 0 Å². The highest BCUT2D eigenvalue weighted by molar-refractivity contribution is 7.89. The predicted molar refractivity (Wildman–Crippen MR) is 92.6 cm³/mol. The highest BCUT2D eigenvalue weighted by atomic mass is 32.2. The van der Waals surface area contributed by atoms with Crippen LogP contribution in [0.4, 0.5) is 0 Å². The SMILES string of the molecule is COC(=O)c1sccc1S(=O)(=O)NC(c1ccc(C)cc1)C1CC1. The lowest BCUT2D eigenvalue weighted by Crippen LogP contribution is -2.30. The molecule has 1 aromatic heterocycles. The third-order valence-corrected chi connectivity index (χ3v) is 6.61. The fraction of sp³-hybridized carbons (Fsp3) is 0.353. The van der Waals surface area contributed by atoms with Gasteiger partial charge in [-0.15, -0.1) is 11.3 Å². The summed E-state index contributed by atoms with van der Waals surface area (Å²) < 4.78 is 33.1. The van der Waals surface area contributed by atoms with E-state index in [1.807, 2.05) is 31.2 Å². The number of carbonyl (C=O) groups is 1. The molecule has 1 fully saturated rings. The lowest BCUT2D eigenvalue weighted by Gasteiger charge is -2.19. The number of sulfonamides is 1. The lowest BCUT2D eigenvalue weighted by atomic mass is 10.0. The number of thiophene rings is 1. The van der Waals surface area contributed by atoms with E-state index in [1.54, 1.807) is 5.38 Å². The van der Waals surface area contributed by atoms with E-state index in [4.69, 9.17) is 0 Å². The second-order valence-electron chi connectivity index (χ2n) is 5.95. The number of methoxy groups -OCH3 is 1. The molecule has 1 aliphatic carbocycles. The van der Waals surface area contributed by atoms with Crippen LogP contribution in [0, 0.1) is 12.8 Å². The molecule has 1 atom stereocenters. The van der Waals surface area contributed by atoms with Crippen LogP contribution in [0.5, 0.6) is 0 Å². The van der Waals surface area contributed by atoms with Gasteiger partial charge in [0.1, 0.15) is 9.77 Å². The Bertz CT molecular complexity index is 836. The van der Waals surface area contributed by atoms with Crippen LogP contribution < -0.4 is 4.72 Å². The van der Waals surface area contributed by atoms with E-state index >= 15 is 0 Å². The number of rotatable bonds is 6. The number of nitrogens with one attached hydrogen (secondary N) is 1. The van der Waals surface area contributed by atoms with Gasteiger partial charge in [-0.1, -0.05) is 29.8 Å². The molecule has 2 aromatic rings. The molecule has 1 unspecified atom stereocenters. The van der Waals surface area contributed by atoms with Crippen molar-refractivity contribution in [2.45, 2.75) is 30.7 Å². The number of hydrogen-bond donors (Lipinski definition) is 1. The minimum absolute atomic E-state index is 0.0166. The molecule has 0 saturated heterocycles. The summed E-state index contributed by atoms with van der Waals surface area (Å²) in [6, 6.07) is 9.03. The maximum atomic E-state index is 12.8. The first-order chi connectivity index (χ1) is 11.4. The molecule has 3 rings (SSSR count). The van der Waals surface area contributed by atoms with Crippen LogP contribution >= 0.6 is 11.3 Å². The quantitative estimate of drug-likeness (QED) is 0.798. The zero-order valence-corrected chi connectivity index (χ0v) is 15.1. The van der Waals surface area contributed by atoms with Crippen molar-refractivity contribution in [3.8, 4) is 0 Å². The monoisotopic (exact) mass is 365 g/mol. The molecule has 1 aliphatic rings. The van der Waals surface area contributed by atoms with Gasteiger partial charge in [0.05, 0.1) is 7.11 Å². The van der Waals surface area contributed by atoms with Crippen LogP contribution in [-0.2, 0) is 14.8 Å². The maximum Gasteiger partial charge on any atom is 0.349 e. The fourth-order valence-electron chi connectivity index (χ4n) is 2.62. The Balaban J connectivity index is 1.91. The number of hydrogen-bond acceptors (Lipinski definition) is 5. The molecule has 1 heterocycles. The van der Waals surface area contributed by atoms with E-state index in [0.717, 1.165) is 35.3 Å². The first-order valence-electron chi connectivity index (χ1n) is 7.67. The van der Waals surface area contributed by atoms with Crippen LogP contribution in [0.15, 0.2) is 40.6 Å². The van der Waals surface area contributed by atoms with Gasteiger partial charge < -0.3 is 4.74 Å². The number of benzene rings is 1. The van der Waals surface area contributed by atoms with Gasteiger partial charge in [0, 0.05) is 6.04 Å². The van der Waals surface area contributed by atoms with Crippen LogP contribution in [0.2, 0.25) is 0 Å². The molecule has 0 aliphatic heterocycles. The topological polar surface area (TPSA) is 72.5 Å². The zero-order valence-electron chi connectivity index (χ0n) is 13.5. The van der Waals surface area contributed by atoms with Gasteiger partial charge in [-0.2, -0.15) is 0 Å². The Morgan fingerprint density at radius 2 is 1.92 bits per heavy atom. The molecule has 0 amide bonds. The minimum atomic E-state index is -3.81. The minimum Gasteiger partial charge on any atom is -0.465 e. The van der Waals surface area contributed by atoms with Crippen LogP contribution in [0.25, 0.3) is 0 Å². The number of ether oxygens (including phenoxy) is 1. The Morgan fingerprint density at radius 1 is 1.25 bits per heavy atom. The van der Waals surface area contributed by atoms with Gasteiger partial charge in [0.25, 0.3) is 0 Å². The molecule has 24 heavy (non-hydrogen) atoms. The van der Waals surface area contributed by atoms with E-state index in [9.17, 15) is 13.2 Å². The second kappa shape index (κ2) is 6.66. The summed E-state index contributed by atoms with van der Waals surface area (Å²) in [7, 11) is -2.56. The normalized spacial score (nSPS) is 15.9. The average Bonchev–Trinajstić information content (AvgIpc) is 3.28.